The first kappa shape index (κ1) is 17.0. The molecule has 0 saturated heterocycles. The van der Waals surface area contributed by atoms with Crippen LogP contribution in [0.4, 0.5) is 5.69 Å². The summed E-state index contributed by atoms with van der Waals surface area (Å²) in [4.78, 5) is 16.4. The highest BCUT2D eigenvalue weighted by Crippen LogP contribution is 2.30. The van der Waals surface area contributed by atoms with E-state index in [0.29, 0.717) is 22.2 Å². The number of ether oxygens (including phenoxy) is 2. The van der Waals surface area contributed by atoms with Crippen LogP contribution in [0, 0.1) is 6.92 Å². The van der Waals surface area contributed by atoms with Gasteiger partial charge in [0.1, 0.15) is 11.5 Å². The summed E-state index contributed by atoms with van der Waals surface area (Å²) in [5.74, 6) is 0.821. The van der Waals surface area contributed by atoms with Crippen LogP contribution < -0.4 is 14.8 Å². The monoisotopic (exact) mass is 356 g/mol. The largest absolute Gasteiger partial charge is 0.495 e. The fraction of sp³-hybridized carbons (Fsp3) is 0.158. The van der Waals surface area contributed by atoms with Gasteiger partial charge in [0.2, 0.25) is 0 Å². The summed E-state index contributed by atoms with van der Waals surface area (Å²) in [7, 11) is 1.52. The summed E-state index contributed by atoms with van der Waals surface area (Å²) >= 11 is 6.07. The van der Waals surface area contributed by atoms with E-state index in [2.05, 4.69) is 10.3 Å². The van der Waals surface area contributed by atoms with Gasteiger partial charge in [0.05, 0.1) is 18.3 Å². The fourth-order valence-electron chi connectivity index (χ4n) is 2.41. The summed E-state index contributed by atoms with van der Waals surface area (Å²) in [6.45, 7) is 1.74. The van der Waals surface area contributed by atoms with Crippen LogP contribution in [-0.4, -0.2) is 24.6 Å². The lowest BCUT2D eigenvalue weighted by Crippen LogP contribution is -2.20. The molecular formula is C19H17ClN2O3. The first-order valence-corrected chi connectivity index (χ1v) is 8.06. The van der Waals surface area contributed by atoms with Gasteiger partial charge in [-0.2, -0.15) is 0 Å². The molecule has 0 unspecified atom stereocenters. The number of amides is 1. The Hall–Kier alpha value is -2.79. The van der Waals surface area contributed by atoms with Gasteiger partial charge in [0.25, 0.3) is 5.91 Å². The number of pyridine rings is 1. The van der Waals surface area contributed by atoms with E-state index < -0.39 is 0 Å². The minimum absolute atomic E-state index is 0.114. The molecule has 0 fully saturated rings. The van der Waals surface area contributed by atoms with Gasteiger partial charge in [0, 0.05) is 22.7 Å². The second kappa shape index (κ2) is 7.40. The molecule has 6 heteroatoms. The Morgan fingerprint density at radius 1 is 1.24 bits per heavy atom. The van der Waals surface area contributed by atoms with Crippen LogP contribution in [0.2, 0.25) is 5.02 Å². The van der Waals surface area contributed by atoms with Crippen molar-refractivity contribution in [2.45, 2.75) is 6.92 Å². The highest BCUT2D eigenvalue weighted by Gasteiger charge is 2.11. The Morgan fingerprint density at radius 3 is 2.88 bits per heavy atom. The quantitative estimate of drug-likeness (QED) is 0.743. The van der Waals surface area contributed by atoms with E-state index in [1.165, 1.54) is 7.11 Å². The fourth-order valence-corrected chi connectivity index (χ4v) is 2.56. The molecule has 2 aromatic carbocycles. The van der Waals surface area contributed by atoms with Crippen molar-refractivity contribution in [3.05, 3.63) is 59.2 Å². The number of anilines is 1. The van der Waals surface area contributed by atoms with Crippen molar-refractivity contribution < 1.29 is 14.3 Å². The summed E-state index contributed by atoms with van der Waals surface area (Å²) in [5, 5.41) is 4.31. The molecule has 0 aliphatic heterocycles. The van der Waals surface area contributed by atoms with Crippen LogP contribution >= 0.6 is 11.6 Å². The number of fused-ring (bicyclic) bond motifs is 1. The molecule has 3 rings (SSSR count). The number of rotatable bonds is 5. The first-order chi connectivity index (χ1) is 12.1. The topological polar surface area (TPSA) is 60.5 Å². The Balaban J connectivity index is 1.67. The average Bonchev–Trinajstić information content (AvgIpc) is 2.62. The van der Waals surface area contributed by atoms with Crippen molar-refractivity contribution in [3.63, 3.8) is 0 Å². The molecule has 0 aliphatic rings. The molecule has 25 heavy (non-hydrogen) atoms. The van der Waals surface area contributed by atoms with Crippen molar-refractivity contribution in [1.29, 1.82) is 0 Å². The summed E-state index contributed by atoms with van der Waals surface area (Å²) in [5.41, 5.74) is 2.28. The Bertz CT molecular complexity index is 928. The van der Waals surface area contributed by atoms with E-state index in [9.17, 15) is 4.79 Å². The first-order valence-electron chi connectivity index (χ1n) is 7.68. The van der Waals surface area contributed by atoms with E-state index in [-0.39, 0.29) is 12.5 Å². The van der Waals surface area contributed by atoms with Gasteiger partial charge in [-0.1, -0.05) is 17.7 Å². The number of hydrogen-bond acceptors (Lipinski definition) is 4. The molecule has 128 valence electrons. The van der Waals surface area contributed by atoms with Crippen molar-refractivity contribution in [1.82, 2.24) is 4.98 Å². The van der Waals surface area contributed by atoms with Gasteiger partial charge in [-0.05, 0) is 42.8 Å². The normalized spacial score (nSPS) is 10.5. The molecule has 1 amide bonds. The second-order valence-electron chi connectivity index (χ2n) is 5.50. The predicted molar refractivity (Wildman–Crippen MR) is 98.6 cm³/mol. The van der Waals surface area contributed by atoms with E-state index in [1.54, 1.807) is 24.4 Å². The lowest BCUT2D eigenvalue weighted by molar-refractivity contribution is -0.118. The summed E-state index contributed by atoms with van der Waals surface area (Å²) in [6, 6.07) is 12.7. The van der Waals surface area contributed by atoms with Gasteiger partial charge in [-0.3, -0.25) is 9.78 Å². The smallest absolute Gasteiger partial charge is 0.262 e. The average molecular weight is 357 g/mol. The van der Waals surface area contributed by atoms with Crippen molar-refractivity contribution in [3.8, 4) is 11.5 Å². The molecule has 0 radical (unpaired) electrons. The number of aromatic nitrogens is 1. The number of methoxy groups -OCH3 is 1. The number of carbonyl (C=O) groups excluding carboxylic acids is 1. The molecule has 5 nitrogen and oxygen atoms in total. The number of carbonyl (C=O) groups is 1. The molecule has 0 aliphatic carbocycles. The molecule has 3 aromatic rings. The highest BCUT2D eigenvalue weighted by molar-refractivity contribution is 6.31. The Labute approximate surface area is 150 Å². The third-order valence-corrected chi connectivity index (χ3v) is 4.11. The van der Waals surface area contributed by atoms with Gasteiger partial charge >= 0.3 is 0 Å². The maximum absolute atomic E-state index is 12.2. The molecule has 0 spiro atoms. The number of nitrogens with zero attached hydrogens (tertiary/aromatic N) is 1. The minimum atomic E-state index is -0.286. The van der Waals surface area contributed by atoms with Gasteiger partial charge < -0.3 is 14.8 Å². The zero-order chi connectivity index (χ0) is 17.8. The van der Waals surface area contributed by atoms with Crippen LogP contribution in [-0.2, 0) is 4.79 Å². The van der Waals surface area contributed by atoms with Crippen LogP contribution in [0.1, 0.15) is 5.56 Å². The van der Waals surface area contributed by atoms with E-state index >= 15 is 0 Å². The van der Waals surface area contributed by atoms with Gasteiger partial charge in [0.15, 0.2) is 6.61 Å². The van der Waals surface area contributed by atoms with E-state index in [4.69, 9.17) is 21.1 Å². The zero-order valence-electron chi connectivity index (χ0n) is 13.9. The van der Waals surface area contributed by atoms with Crippen molar-refractivity contribution >= 4 is 34.1 Å². The molecule has 1 aromatic heterocycles. The lowest BCUT2D eigenvalue weighted by atomic mass is 10.2. The maximum Gasteiger partial charge on any atom is 0.262 e. The second-order valence-corrected chi connectivity index (χ2v) is 5.90. The Morgan fingerprint density at radius 2 is 2.08 bits per heavy atom. The number of halogens is 1. The van der Waals surface area contributed by atoms with E-state index in [1.807, 2.05) is 31.2 Å². The zero-order valence-corrected chi connectivity index (χ0v) is 14.6. The van der Waals surface area contributed by atoms with Gasteiger partial charge in [-0.25, -0.2) is 0 Å². The highest BCUT2D eigenvalue weighted by atomic mass is 35.5. The maximum atomic E-state index is 12.2. The SMILES string of the molecule is COc1cc(Cl)c(C)cc1NC(=O)COc1ccc2ncccc2c1. The van der Waals surface area contributed by atoms with Crippen LogP contribution in [0.25, 0.3) is 10.9 Å². The van der Waals surface area contributed by atoms with Crippen molar-refractivity contribution in [2.24, 2.45) is 0 Å². The van der Waals surface area contributed by atoms with Gasteiger partial charge in [-0.15, -0.1) is 0 Å². The van der Waals surface area contributed by atoms with Crippen LogP contribution in [0.5, 0.6) is 11.5 Å². The summed E-state index contributed by atoms with van der Waals surface area (Å²) < 4.78 is 10.8. The lowest BCUT2D eigenvalue weighted by Gasteiger charge is -2.13. The Kier molecular flexibility index (Phi) is 5.05. The molecule has 0 bridgehead atoms. The molecule has 1 N–H and O–H groups in total. The van der Waals surface area contributed by atoms with Crippen LogP contribution in [0.3, 0.4) is 0 Å². The number of hydrogen-bond donors (Lipinski definition) is 1. The van der Waals surface area contributed by atoms with Crippen LogP contribution in [0.15, 0.2) is 48.7 Å². The molecule has 1 heterocycles. The molecule has 0 atom stereocenters. The van der Waals surface area contributed by atoms with E-state index in [0.717, 1.165) is 16.5 Å². The third kappa shape index (κ3) is 4.00. The predicted octanol–water partition coefficient (Wildman–Crippen LogP) is 4.22. The standard InChI is InChI=1S/C19H17ClN2O3/c1-12-8-17(18(24-2)10-15(12)20)22-19(23)11-25-14-5-6-16-13(9-14)4-3-7-21-16/h3-10H,11H2,1-2H3,(H,22,23). The number of nitrogens with one attached hydrogen (secondary N) is 1. The number of aryl methyl sites for hydroxylation is 1. The molecule has 0 saturated carbocycles. The van der Waals surface area contributed by atoms with Crippen molar-refractivity contribution in [2.75, 3.05) is 19.0 Å². The molecular weight excluding hydrogens is 340 g/mol. The third-order valence-electron chi connectivity index (χ3n) is 3.70. The number of benzene rings is 2. The summed E-state index contributed by atoms with van der Waals surface area (Å²) in [6.07, 6.45) is 1.73. The minimum Gasteiger partial charge on any atom is -0.495 e.